The molecule has 1 heterocycles. The molecule has 0 radical (unpaired) electrons. The number of hydrogen-bond donors (Lipinski definition) is 4. The van der Waals surface area contributed by atoms with E-state index in [-0.39, 0.29) is 30.4 Å². The van der Waals surface area contributed by atoms with Gasteiger partial charge in [0.15, 0.2) is 0 Å². The third kappa shape index (κ3) is 5.68. The van der Waals surface area contributed by atoms with Gasteiger partial charge in [-0.15, -0.1) is 0 Å². The molecule has 1 aromatic heterocycles. The molecule has 0 saturated carbocycles. The summed E-state index contributed by atoms with van der Waals surface area (Å²) in [5.74, 6) is 0.372. The van der Waals surface area contributed by atoms with Crippen molar-refractivity contribution in [3.8, 4) is 11.1 Å². The lowest BCUT2D eigenvalue weighted by Gasteiger charge is -2.14. The van der Waals surface area contributed by atoms with Gasteiger partial charge in [-0.1, -0.05) is 42.5 Å². The number of aromatic nitrogens is 2. The Bertz CT molecular complexity index is 991. The number of nitrogens with two attached hydrogens (primary N) is 2. The highest BCUT2D eigenvalue weighted by molar-refractivity contribution is 5.90. The van der Waals surface area contributed by atoms with Gasteiger partial charge in [0.2, 0.25) is 5.95 Å². The highest BCUT2D eigenvalue weighted by Gasteiger charge is 2.14. The van der Waals surface area contributed by atoms with E-state index in [0.29, 0.717) is 23.6 Å². The van der Waals surface area contributed by atoms with Crippen molar-refractivity contribution >= 4 is 23.5 Å². The standard InChI is InChI=1S/C22H26N6O2/c1-14(2)25-22(29)26-17-10-8-16(9-11-17)19-18(27-21(24)28-20(19)23)13-30-12-15-6-4-3-5-7-15/h3-11,14H,12-13H2,1-2H3,(H2,25,26,29)(H4,23,24,27,28). The highest BCUT2D eigenvalue weighted by Crippen LogP contribution is 2.30. The van der Waals surface area contributed by atoms with Gasteiger partial charge in [-0.25, -0.2) is 9.78 Å². The number of hydrogen-bond acceptors (Lipinski definition) is 6. The first kappa shape index (κ1) is 21.1. The number of amides is 2. The van der Waals surface area contributed by atoms with Crippen LogP contribution in [0.4, 0.5) is 22.2 Å². The second-order valence-corrected chi connectivity index (χ2v) is 7.10. The van der Waals surface area contributed by atoms with E-state index in [2.05, 4.69) is 20.6 Å². The third-order valence-electron chi connectivity index (χ3n) is 4.23. The lowest BCUT2D eigenvalue weighted by atomic mass is 10.0. The van der Waals surface area contributed by atoms with Crippen LogP contribution in [0, 0.1) is 0 Å². The van der Waals surface area contributed by atoms with Crippen LogP contribution in [0.15, 0.2) is 54.6 Å². The van der Waals surface area contributed by atoms with Gasteiger partial charge in [0.1, 0.15) is 5.82 Å². The monoisotopic (exact) mass is 406 g/mol. The molecule has 0 bridgehead atoms. The van der Waals surface area contributed by atoms with Crippen LogP contribution in [0.25, 0.3) is 11.1 Å². The number of benzene rings is 2. The van der Waals surface area contributed by atoms with Crippen LogP contribution in [0.5, 0.6) is 0 Å². The van der Waals surface area contributed by atoms with Gasteiger partial charge in [0.25, 0.3) is 0 Å². The molecule has 30 heavy (non-hydrogen) atoms. The van der Waals surface area contributed by atoms with E-state index >= 15 is 0 Å². The molecule has 0 atom stereocenters. The maximum atomic E-state index is 11.9. The van der Waals surface area contributed by atoms with Crippen LogP contribution >= 0.6 is 0 Å². The molecule has 0 aliphatic rings. The minimum Gasteiger partial charge on any atom is -0.383 e. The van der Waals surface area contributed by atoms with E-state index < -0.39 is 0 Å². The number of urea groups is 1. The minimum absolute atomic E-state index is 0.0504. The van der Waals surface area contributed by atoms with E-state index in [1.807, 2.05) is 56.3 Å². The molecule has 3 aromatic rings. The smallest absolute Gasteiger partial charge is 0.319 e. The Hall–Kier alpha value is -3.65. The summed E-state index contributed by atoms with van der Waals surface area (Å²) in [6.07, 6.45) is 0. The molecule has 0 saturated heterocycles. The van der Waals surface area contributed by atoms with E-state index in [1.165, 1.54) is 0 Å². The molecule has 0 aliphatic heterocycles. The number of carbonyl (C=O) groups excluding carboxylic acids is 1. The van der Waals surface area contributed by atoms with Crippen molar-refractivity contribution in [2.75, 3.05) is 16.8 Å². The van der Waals surface area contributed by atoms with Crippen molar-refractivity contribution in [3.63, 3.8) is 0 Å². The van der Waals surface area contributed by atoms with Crippen LogP contribution in [0.2, 0.25) is 0 Å². The topological polar surface area (TPSA) is 128 Å². The molecule has 2 aromatic carbocycles. The zero-order valence-corrected chi connectivity index (χ0v) is 17.1. The molecule has 8 heteroatoms. The van der Waals surface area contributed by atoms with Crippen LogP contribution in [0.3, 0.4) is 0 Å². The van der Waals surface area contributed by atoms with Gasteiger partial charge in [0, 0.05) is 17.3 Å². The summed E-state index contributed by atoms with van der Waals surface area (Å²) in [6.45, 7) is 4.47. The lowest BCUT2D eigenvalue weighted by molar-refractivity contribution is 0.105. The predicted octanol–water partition coefficient (Wildman–Crippen LogP) is 3.55. The van der Waals surface area contributed by atoms with E-state index in [1.54, 1.807) is 12.1 Å². The fourth-order valence-electron chi connectivity index (χ4n) is 2.95. The van der Waals surface area contributed by atoms with Crippen LogP contribution < -0.4 is 22.1 Å². The molecule has 3 rings (SSSR count). The Morgan fingerprint density at radius 3 is 2.37 bits per heavy atom. The lowest BCUT2D eigenvalue weighted by Crippen LogP contribution is -2.34. The second-order valence-electron chi connectivity index (χ2n) is 7.10. The van der Waals surface area contributed by atoms with Gasteiger partial charge in [-0.3, -0.25) is 0 Å². The fourth-order valence-corrected chi connectivity index (χ4v) is 2.95. The summed E-state index contributed by atoms with van der Waals surface area (Å²) >= 11 is 0. The number of anilines is 3. The quantitative estimate of drug-likeness (QED) is 0.475. The largest absolute Gasteiger partial charge is 0.383 e. The SMILES string of the molecule is CC(C)NC(=O)Nc1ccc(-c2c(N)nc(N)nc2COCc2ccccc2)cc1. The van der Waals surface area contributed by atoms with Crippen molar-refractivity contribution in [2.45, 2.75) is 33.1 Å². The summed E-state index contributed by atoms with van der Waals surface area (Å²) in [6, 6.07) is 16.9. The van der Waals surface area contributed by atoms with Gasteiger partial charge < -0.3 is 26.8 Å². The first-order chi connectivity index (χ1) is 14.4. The van der Waals surface area contributed by atoms with Crippen LogP contribution in [-0.2, 0) is 18.0 Å². The van der Waals surface area contributed by atoms with Gasteiger partial charge in [0.05, 0.1) is 18.9 Å². The molecule has 0 unspecified atom stereocenters. The third-order valence-corrected chi connectivity index (χ3v) is 4.23. The van der Waals surface area contributed by atoms with Gasteiger partial charge in [-0.05, 0) is 37.1 Å². The molecular weight excluding hydrogens is 380 g/mol. The van der Waals surface area contributed by atoms with E-state index in [4.69, 9.17) is 16.2 Å². The van der Waals surface area contributed by atoms with Gasteiger partial charge >= 0.3 is 6.03 Å². The summed E-state index contributed by atoms with van der Waals surface area (Å²) in [7, 11) is 0. The van der Waals surface area contributed by atoms with Crippen LogP contribution in [0.1, 0.15) is 25.1 Å². The molecule has 2 amide bonds. The normalized spacial score (nSPS) is 10.8. The first-order valence-corrected chi connectivity index (χ1v) is 9.64. The summed E-state index contributed by atoms with van der Waals surface area (Å²) < 4.78 is 5.82. The fraction of sp³-hybridized carbons (Fsp3) is 0.227. The summed E-state index contributed by atoms with van der Waals surface area (Å²) in [4.78, 5) is 20.3. The Balaban J connectivity index is 1.76. The Labute approximate surface area is 175 Å². The van der Waals surface area contributed by atoms with Crippen LogP contribution in [-0.4, -0.2) is 22.0 Å². The summed E-state index contributed by atoms with van der Waals surface area (Å²) in [5, 5.41) is 5.56. The summed E-state index contributed by atoms with van der Waals surface area (Å²) in [5.41, 5.74) is 15.7. The molecule has 8 nitrogen and oxygen atoms in total. The van der Waals surface area contributed by atoms with Crippen molar-refractivity contribution in [1.82, 2.24) is 15.3 Å². The van der Waals surface area contributed by atoms with E-state index in [9.17, 15) is 4.79 Å². The average molecular weight is 406 g/mol. The zero-order valence-electron chi connectivity index (χ0n) is 17.1. The number of carbonyl (C=O) groups is 1. The number of nitrogens with zero attached hydrogens (tertiary/aromatic N) is 2. The van der Waals surface area contributed by atoms with Crippen molar-refractivity contribution in [2.24, 2.45) is 0 Å². The zero-order chi connectivity index (χ0) is 21.5. The Morgan fingerprint density at radius 2 is 1.70 bits per heavy atom. The number of nitrogen functional groups attached to an aromatic ring is 2. The Kier molecular flexibility index (Phi) is 6.82. The molecule has 156 valence electrons. The average Bonchev–Trinajstić information content (AvgIpc) is 2.69. The number of rotatable bonds is 7. The van der Waals surface area contributed by atoms with E-state index in [0.717, 1.165) is 11.1 Å². The maximum absolute atomic E-state index is 11.9. The van der Waals surface area contributed by atoms with Crippen molar-refractivity contribution < 1.29 is 9.53 Å². The minimum atomic E-state index is -0.261. The molecule has 0 spiro atoms. The molecule has 0 aliphatic carbocycles. The van der Waals surface area contributed by atoms with Crippen molar-refractivity contribution in [1.29, 1.82) is 0 Å². The molecule has 0 fully saturated rings. The Morgan fingerprint density at radius 1 is 1.00 bits per heavy atom. The number of nitrogens with one attached hydrogen (secondary N) is 2. The second kappa shape index (κ2) is 9.71. The maximum Gasteiger partial charge on any atom is 0.319 e. The number of ether oxygens (including phenoxy) is 1. The van der Waals surface area contributed by atoms with Gasteiger partial charge in [-0.2, -0.15) is 4.98 Å². The predicted molar refractivity (Wildman–Crippen MR) is 119 cm³/mol. The molecular formula is C22H26N6O2. The first-order valence-electron chi connectivity index (χ1n) is 9.64. The highest BCUT2D eigenvalue weighted by atomic mass is 16.5. The molecule has 6 N–H and O–H groups in total. The van der Waals surface area contributed by atoms with Crippen molar-refractivity contribution in [3.05, 3.63) is 65.9 Å².